The first kappa shape index (κ1) is 12.7. The zero-order valence-electron chi connectivity index (χ0n) is 11.1. The molecule has 0 aliphatic carbocycles. The molecule has 0 bridgehead atoms. The maximum atomic E-state index is 5.83. The van der Waals surface area contributed by atoms with Gasteiger partial charge in [-0.1, -0.05) is 13.8 Å². The Hall–Kier alpha value is -1.75. The van der Waals surface area contributed by atoms with Crippen LogP contribution >= 0.6 is 0 Å². The summed E-state index contributed by atoms with van der Waals surface area (Å²) in [6, 6.07) is 3.88. The number of hydrogen-bond donors (Lipinski definition) is 1. The average molecular weight is 245 g/mol. The summed E-state index contributed by atoms with van der Waals surface area (Å²) in [6.07, 6.45) is 1.76. The summed E-state index contributed by atoms with van der Waals surface area (Å²) >= 11 is 0. The maximum absolute atomic E-state index is 5.83. The van der Waals surface area contributed by atoms with Gasteiger partial charge in [-0.25, -0.2) is 4.68 Å². The lowest BCUT2D eigenvalue weighted by Crippen LogP contribution is -2.07. The Morgan fingerprint density at radius 3 is 2.44 bits per heavy atom. The lowest BCUT2D eigenvalue weighted by Gasteiger charge is -2.05. The van der Waals surface area contributed by atoms with E-state index in [9.17, 15) is 0 Å². The minimum atomic E-state index is 0.519. The summed E-state index contributed by atoms with van der Waals surface area (Å²) in [4.78, 5) is 0. The Bertz CT molecular complexity index is 527. The topological polar surface area (TPSA) is 69.6 Å². The molecule has 2 rings (SSSR count). The third-order valence-corrected chi connectivity index (χ3v) is 3.05. The van der Waals surface area contributed by atoms with Gasteiger partial charge < -0.3 is 5.73 Å². The molecule has 5 heteroatoms. The molecule has 0 unspecified atom stereocenters. The van der Waals surface area contributed by atoms with E-state index in [1.54, 1.807) is 0 Å². The van der Waals surface area contributed by atoms with Gasteiger partial charge in [0.1, 0.15) is 0 Å². The van der Waals surface area contributed by atoms with Crippen LogP contribution in [-0.4, -0.2) is 20.0 Å². The van der Waals surface area contributed by atoms with Crippen LogP contribution in [0.5, 0.6) is 0 Å². The lowest BCUT2D eigenvalue weighted by atomic mass is 10.1. The molecule has 0 aliphatic rings. The highest BCUT2D eigenvalue weighted by atomic mass is 15.3. The minimum absolute atomic E-state index is 0.519. The molecule has 96 valence electrons. The second kappa shape index (κ2) is 5.27. The van der Waals surface area contributed by atoms with Crippen molar-refractivity contribution in [1.29, 1.82) is 0 Å². The first-order chi connectivity index (χ1) is 8.71. The molecule has 0 saturated heterocycles. The van der Waals surface area contributed by atoms with Crippen LogP contribution in [0.2, 0.25) is 0 Å². The fraction of sp³-hybridized carbons (Fsp3) is 0.462. The van der Waals surface area contributed by atoms with Crippen molar-refractivity contribution in [2.45, 2.75) is 40.2 Å². The van der Waals surface area contributed by atoms with Crippen LogP contribution in [0.4, 0.5) is 0 Å². The summed E-state index contributed by atoms with van der Waals surface area (Å²) in [5.41, 5.74) is 10.1. The molecule has 0 saturated carbocycles. The Morgan fingerprint density at radius 1 is 1.17 bits per heavy atom. The Labute approximate surface area is 107 Å². The number of nitrogens with zero attached hydrogens (tertiary/aromatic N) is 4. The molecule has 5 nitrogen and oxygen atoms in total. The van der Waals surface area contributed by atoms with Crippen molar-refractivity contribution in [3.63, 3.8) is 0 Å². The fourth-order valence-corrected chi connectivity index (χ4v) is 2.11. The van der Waals surface area contributed by atoms with Crippen molar-refractivity contribution < 1.29 is 0 Å². The van der Waals surface area contributed by atoms with Crippen LogP contribution in [0.25, 0.3) is 5.82 Å². The normalized spacial score (nSPS) is 10.9. The van der Waals surface area contributed by atoms with Crippen LogP contribution in [0.1, 0.15) is 36.5 Å². The molecule has 0 spiro atoms. The average Bonchev–Trinajstić information content (AvgIpc) is 2.77. The van der Waals surface area contributed by atoms with Crippen molar-refractivity contribution >= 4 is 0 Å². The minimum Gasteiger partial charge on any atom is -0.326 e. The molecule has 0 radical (unpaired) electrons. The molecule has 2 aromatic rings. The molecule has 2 heterocycles. The van der Waals surface area contributed by atoms with Crippen LogP contribution in [0, 0.1) is 6.92 Å². The summed E-state index contributed by atoms with van der Waals surface area (Å²) in [6.45, 7) is 6.63. The zero-order chi connectivity index (χ0) is 13.1. The molecule has 0 aliphatic heterocycles. The Kier molecular flexibility index (Phi) is 3.72. The van der Waals surface area contributed by atoms with Crippen LogP contribution < -0.4 is 5.73 Å². The van der Waals surface area contributed by atoms with Gasteiger partial charge in [0.15, 0.2) is 5.82 Å². The van der Waals surface area contributed by atoms with E-state index in [4.69, 9.17) is 5.73 Å². The van der Waals surface area contributed by atoms with E-state index in [2.05, 4.69) is 29.1 Å². The number of hydrogen-bond acceptors (Lipinski definition) is 4. The highest BCUT2D eigenvalue weighted by Gasteiger charge is 2.15. The number of rotatable bonds is 4. The van der Waals surface area contributed by atoms with Crippen molar-refractivity contribution in [2.75, 3.05) is 0 Å². The van der Waals surface area contributed by atoms with E-state index in [0.717, 1.165) is 41.3 Å². The monoisotopic (exact) mass is 245 g/mol. The van der Waals surface area contributed by atoms with Crippen LogP contribution in [0.15, 0.2) is 12.1 Å². The number of aromatic nitrogens is 4. The van der Waals surface area contributed by atoms with Gasteiger partial charge in [-0.15, -0.1) is 5.10 Å². The van der Waals surface area contributed by atoms with E-state index < -0.39 is 0 Å². The molecule has 18 heavy (non-hydrogen) atoms. The van der Waals surface area contributed by atoms with Crippen molar-refractivity contribution in [3.8, 4) is 5.82 Å². The van der Waals surface area contributed by atoms with Crippen molar-refractivity contribution in [3.05, 3.63) is 34.8 Å². The van der Waals surface area contributed by atoms with Crippen LogP contribution in [0.3, 0.4) is 0 Å². The lowest BCUT2D eigenvalue weighted by molar-refractivity contribution is 0.749. The second-order valence-electron chi connectivity index (χ2n) is 4.23. The van der Waals surface area contributed by atoms with Gasteiger partial charge in [0.25, 0.3) is 0 Å². The molecular formula is C13H19N5. The summed E-state index contributed by atoms with van der Waals surface area (Å²) < 4.78 is 1.87. The molecule has 2 aromatic heterocycles. The van der Waals surface area contributed by atoms with E-state index in [0.29, 0.717) is 6.54 Å². The molecule has 0 fully saturated rings. The second-order valence-corrected chi connectivity index (χ2v) is 4.23. The van der Waals surface area contributed by atoms with E-state index in [1.165, 1.54) is 0 Å². The predicted octanol–water partition coefficient (Wildman–Crippen LogP) is 1.55. The summed E-state index contributed by atoms with van der Waals surface area (Å²) in [7, 11) is 0. The van der Waals surface area contributed by atoms with Crippen molar-refractivity contribution in [1.82, 2.24) is 20.0 Å². The third kappa shape index (κ3) is 2.13. The predicted molar refractivity (Wildman–Crippen MR) is 70.5 cm³/mol. The quantitative estimate of drug-likeness (QED) is 0.887. The third-order valence-electron chi connectivity index (χ3n) is 3.05. The molecule has 2 N–H and O–H groups in total. The smallest absolute Gasteiger partial charge is 0.175 e. The zero-order valence-corrected chi connectivity index (χ0v) is 11.1. The maximum Gasteiger partial charge on any atom is 0.175 e. The number of aryl methyl sites for hydroxylation is 2. The van der Waals surface area contributed by atoms with E-state index in [1.807, 2.05) is 23.7 Å². The van der Waals surface area contributed by atoms with Crippen LogP contribution in [-0.2, 0) is 19.4 Å². The van der Waals surface area contributed by atoms with Crippen molar-refractivity contribution in [2.24, 2.45) is 5.73 Å². The SMILES string of the molecule is CCc1nn(-c2ccc(C)nn2)c(CC)c1CN. The highest BCUT2D eigenvalue weighted by Crippen LogP contribution is 2.18. The molecular weight excluding hydrogens is 226 g/mol. The standard InChI is InChI=1S/C13H19N5/c1-4-11-10(8-14)12(5-2)18(17-11)13-7-6-9(3)15-16-13/h6-7H,4-5,8,14H2,1-3H3. The molecule has 0 aromatic carbocycles. The van der Waals surface area contributed by atoms with Gasteiger partial charge in [-0.3, -0.25) is 0 Å². The first-order valence-corrected chi connectivity index (χ1v) is 6.31. The van der Waals surface area contributed by atoms with E-state index >= 15 is 0 Å². The fourth-order valence-electron chi connectivity index (χ4n) is 2.11. The summed E-state index contributed by atoms with van der Waals surface area (Å²) in [5, 5.41) is 12.9. The largest absolute Gasteiger partial charge is 0.326 e. The summed E-state index contributed by atoms with van der Waals surface area (Å²) in [5.74, 6) is 0.756. The Balaban J connectivity index is 2.56. The van der Waals surface area contributed by atoms with E-state index in [-0.39, 0.29) is 0 Å². The highest BCUT2D eigenvalue weighted by molar-refractivity contribution is 5.33. The number of nitrogens with two attached hydrogens (primary N) is 1. The van der Waals surface area contributed by atoms with Gasteiger partial charge in [-0.2, -0.15) is 10.2 Å². The first-order valence-electron chi connectivity index (χ1n) is 6.31. The Morgan fingerprint density at radius 2 is 1.94 bits per heavy atom. The molecule has 0 amide bonds. The van der Waals surface area contributed by atoms with Gasteiger partial charge in [0.05, 0.1) is 17.1 Å². The van der Waals surface area contributed by atoms with Gasteiger partial charge in [0.2, 0.25) is 0 Å². The van der Waals surface area contributed by atoms with Gasteiger partial charge in [-0.05, 0) is 31.9 Å². The molecule has 0 atom stereocenters. The van der Waals surface area contributed by atoms with Gasteiger partial charge >= 0.3 is 0 Å². The van der Waals surface area contributed by atoms with Gasteiger partial charge in [0, 0.05) is 12.1 Å².